The third-order valence-corrected chi connectivity index (χ3v) is 4.77. The van der Waals surface area contributed by atoms with Gasteiger partial charge >= 0.3 is 0 Å². The van der Waals surface area contributed by atoms with Crippen LogP contribution < -0.4 is 5.43 Å². The van der Waals surface area contributed by atoms with Crippen molar-refractivity contribution in [2.24, 2.45) is 5.10 Å². The van der Waals surface area contributed by atoms with Crippen molar-refractivity contribution in [2.75, 3.05) is 7.11 Å². The zero-order valence-corrected chi connectivity index (χ0v) is 17.1. The Hall–Kier alpha value is -4.03. The van der Waals surface area contributed by atoms with Gasteiger partial charge in [0.05, 0.1) is 11.9 Å². The van der Waals surface area contributed by atoms with Crippen LogP contribution in [0.3, 0.4) is 0 Å². The fourth-order valence-corrected chi connectivity index (χ4v) is 3.26. The highest BCUT2D eigenvalue weighted by molar-refractivity contribution is 5.90. The first-order valence-electron chi connectivity index (χ1n) is 9.87. The second-order valence-corrected chi connectivity index (χ2v) is 6.84. The van der Waals surface area contributed by atoms with Gasteiger partial charge in [0.2, 0.25) is 0 Å². The molecular weight excluding hydrogens is 388 g/mol. The lowest BCUT2D eigenvalue weighted by Gasteiger charge is -2.13. The Kier molecular flexibility index (Phi) is 6.30. The van der Waals surface area contributed by atoms with Crippen molar-refractivity contribution in [3.8, 4) is 16.9 Å². The normalized spacial score (nSPS) is 12.0. The summed E-state index contributed by atoms with van der Waals surface area (Å²) in [7, 11) is 1.50. The SMILES string of the molecule is CO[C@H](C(=O)N/N=C\c1cn(-c2ccccc2)nc1-c1ccccc1)c1ccccc1. The number of nitrogens with one attached hydrogen (secondary N) is 1. The number of nitrogens with zero attached hydrogens (tertiary/aromatic N) is 3. The van der Waals surface area contributed by atoms with Crippen molar-refractivity contribution in [3.63, 3.8) is 0 Å². The minimum atomic E-state index is -0.737. The molecule has 0 unspecified atom stereocenters. The Balaban J connectivity index is 1.59. The summed E-state index contributed by atoms with van der Waals surface area (Å²) in [6.07, 6.45) is 2.75. The van der Waals surface area contributed by atoms with Gasteiger partial charge < -0.3 is 4.74 Å². The number of ether oxygens (including phenoxy) is 1. The molecule has 3 aromatic carbocycles. The number of hydrogen-bond acceptors (Lipinski definition) is 4. The summed E-state index contributed by atoms with van der Waals surface area (Å²) < 4.78 is 7.15. The van der Waals surface area contributed by atoms with E-state index in [1.165, 1.54) is 7.11 Å². The number of benzene rings is 3. The summed E-state index contributed by atoms with van der Waals surface area (Å²) in [5.41, 5.74) is 6.79. The smallest absolute Gasteiger partial charge is 0.273 e. The summed E-state index contributed by atoms with van der Waals surface area (Å²) in [6, 6.07) is 29.0. The molecule has 1 N–H and O–H groups in total. The lowest BCUT2D eigenvalue weighted by molar-refractivity contribution is -0.131. The van der Waals surface area contributed by atoms with E-state index in [4.69, 9.17) is 9.84 Å². The fourth-order valence-electron chi connectivity index (χ4n) is 3.26. The molecule has 1 aromatic heterocycles. The quantitative estimate of drug-likeness (QED) is 0.363. The molecular formula is C25H22N4O2. The number of hydrazone groups is 1. The van der Waals surface area contributed by atoms with Gasteiger partial charge in [-0.2, -0.15) is 10.2 Å². The standard InChI is InChI=1S/C25H22N4O2/c1-31-24(20-13-7-3-8-14-20)25(30)27-26-17-21-18-29(22-15-9-4-10-16-22)28-23(21)19-11-5-2-6-12-19/h2-18,24H,1H3,(H,27,30)/b26-17-/t24-/m0/s1. The molecule has 0 bridgehead atoms. The minimum absolute atomic E-state index is 0.346. The van der Waals surface area contributed by atoms with Gasteiger partial charge in [-0.15, -0.1) is 0 Å². The molecule has 6 heteroatoms. The number of carbonyl (C=O) groups is 1. The van der Waals surface area contributed by atoms with E-state index in [-0.39, 0.29) is 5.91 Å². The topological polar surface area (TPSA) is 68.5 Å². The zero-order chi connectivity index (χ0) is 21.5. The Morgan fingerprint density at radius 2 is 1.58 bits per heavy atom. The highest BCUT2D eigenvalue weighted by Gasteiger charge is 2.19. The second-order valence-electron chi connectivity index (χ2n) is 6.84. The van der Waals surface area contributed by atoms with Gasteiger partial charge in [0.15, 0.2) is 6.10 Å². The van der Waals surface area contributed by atoms with Gasteiger partial charge in [-0.1, -0.05) is 78.9 Å². The molecule has 0 saturated carbocycles. The van der Waals surface area contributed by atoms with Crippen LogP contribution in [0.15, 0.2) is 102 Å². The van der Waals surface area contributed by atoms with Crippen molar-refractivity contribution in [1.82, 2.24) is 15.2 Å². The monoisotopic (exact) mass is 410 g/mol. The van der Waals surface area contributed by atoms with Crippen LogP contribution in [0.2, 0.25) is 0 Å². The molecule has 4 rings (SSSR count). The molecule has 1 atom stereocenters. The first-order valence-corrected chi connectivity index (χ1v) is 9.87. The number of rotatable bonds is 7. The minimum Gasteiger partial charge on any atom is -0.367 e. The van der Waals surface area contributed by atoms with Gasteiger partial charge in [0.25, 0.3) is 5.91 Å². The first kappa shape index (κ1) is 20.3. The van der Waals surface area contributed by atoms with E-state index in [0.29, 0.717) is 0 Å². The number of methoxy groups -OCH3 is 1. The van der Waals surface area contributed by atoms with Gasteiger partial charge in [-0.05, 0) is 17.7 Å². The van der Waals surface area contributed by atoms with Crippen molar-refractivity contribution in [3.05, 3.63) is 108 Å². The summed E-state index contributed by atoms with van der Waals surface area (Å²) in [5.74, 6) is -0.346. The van der Waals surface area contributed by atoms with Crippen LogP contribution in [0.4, 0.5) is 0 Å². The molecule has 0 saturated heterocycles. The Morgan fingerprint density at radius 1 is 0.968 bits per heavy atom. The molecule has 0 aliphatic heterocycles. The highest BCUT2D eigenvalue weighted by Crippen LogP contribution is 2.22. The van der Waals surface area contributed by atoms with Crippen LogP contribution in [-0.2, 0) is 9.53 Å². The number of para-hydroxylation sites is 1. The maximum Gasteiger partial charge on any atom is 0.273 e. The Labute approximate surface area is 180 Å². The number of carbonyl (C=O) groups excluding carboxylic acids is 1. The lowest BCUT2D eigenvalue weighted by atomic mass is 10.1. The van der Waals surface area contributed by atoms with Crippen LogP contribution in [0.5, 0.6) is 0 Å². The van der Waals surface area contributed by atoms with Gasteiger partial charge in [-0.3, -0.25) is 4.79 Å². The van der Waals surface area contributed by atoms with E-state index in [1.807, 2.05) is 97.2 Å². The van der Waals surface area contributed by atoms with Crippen molar-refractivity contribution in [1.29, 1.82) is 0 Å². The average molecular weight is 410 g/mol. The third-order valence-electron chi connectivity index (χ3n) is 4.77. The molecule has 0 aliphatic rings. The molecule has 0 fully saturated rings. The molecule has 31 heavy (non-hydrogen) atoms. The molecule has 0 aliphatic carbocycles. The van der Waals surface area contributed by atoms with Crippen LogP contribution in [0.1, 0.15) is 17.2 Å². The maximum atomic E-state index is 12.6. The second kappa shape index (κ2) is 9.65. The highest BCUT2D eigenvalue weighted by atomic mass is 16.5. The summed E-state index contributed by atoms with van der Waals surface area (Å²) >= 11 is 0. The first-order chi connectivity index (χ1) is 15.3. The predicted molar refractivity (Wildman–Crippen MR) is 121 cm³/mol. The van der Waals surface area contributed by atoms with Crippen LogP contribution in [-0.4, -0.2) is 29.0 Å². The number of aromatic nitrogens is 2. The van der Waals surface area contributed by atoms with E-state index >= 15 is 0 Å². The summed E-state index contributed by atoms with van der Waals surface area (Å²) in [5, 5.41) is 8.91. The molecule has 4 aromatic rings. The van der Waals surface area contributed by atoms with Crippen LogP contribution in [0, 0.1) is 0 Å². The lowest BCUT2D eigenvalue weighted by Crippen LogP contribution is -2.26. The van der Waals surface area contributed by atoms with Crippen LogP contribution >= 0.6 is 0 Å². The van der Waals surface area contributed by atoms with E-state index in [2.05, 4.69) is 10.5 Å². The number of hydrogen-bond donors (Lipinski definition) is 1. The molecule has 6 nitrogen and oxygen atoms in total. The van der Waals surface area contributed by atoms with E-state index in [1.54, 1.807) is 10.9 Å². The van der Waals surface area contributed by atoms with Crippen molar-refractivity contribution >= 4 is 12.1 Å². The molecule has 1 amide bonds. The molecule has 154 valence electrons. The van der Waals surface area contributed by atoms with Gasteiger partial charge in [-0.25, -0.2) is 10.1 Å². The Bertz CT molecular complexity index is 1160. The van der Waals surface area contributed by atoms with Crippen LogP contribution in [0.25, 0.3) is 16.9 Å². The zero-order valence-electron chi connectivity index (χ0n) is 17.1. The summed E-state index contributed by atoms with van der Waals surface area (Å²) in [4.78, 5) is 12.6. The van der Waals surface area contributed by atoms with E-state index < -0.39 is 6.10 Å². The van der Waals surface area contributed by atoms with Crippen molar-refractivity contribution < 1.29 is 9.53 Å². The molecule has 1 heterocycles. The largest absolute Gasteiger partial charge is 0.367 e. The fraction of sp³-hybridized carbons (Fsp3) is 0.0800. The van der Waals surface area contributed by atoms with E-state index in [9.17, 15) is 4.79 Å². The average Bonchev–Trinajstić information content (AvgIpc) is 3.26. The van der Waals surface area contributed by atoms with Crippen molar-refractivity contribution in [2.45, 2.75) is 6.10 Å². The maximum absolute atomic E-state index is 12.6. The summed E-state index contributed by atoms with van der Waals surface area (Å²) in [6.45, 7) is 0. The number of amides is 1. The van der Waals surface area contributed by atoms with Gasteiger partial charge in [0, 0.05) is 24.4 Å². The predicted octanol–water partition coefficient (Wildman–Crippen LogP) is 4.38. The molecule has 0 radical (unpaired) electrons. The molecule has 0 spiro atoms. The third kappa shape index (κ3) is 4.76. The Morgan fingerprint density at radius 3 is 2.23 bits per heavy atom. The van der Waals surface area contributed by atoms with E-state index in [0.717, 1.165) is 28.1 Å². The van der Waals surface area contributed by atoms with Gasteiger partial charge in [0.1, 0.15) is 5.69 Å².